The van der Waals surface area contributed by atoms with Crippen molar-refractivity contribution in [3.8, 4) is 5.75 Å². The van der Waals surface area contributed by atoms with Gasteiger partial charge in [0.05, 0.1) is 11.1 Å². The second-order valence-electron chi connectivity index (χ2n) is 4.90. The molecule has 1 N–H and O–H groups in total. The summed E-state index contributed by atoms with van der Waals surface area (Å²) in [5.74, 6) is -0.131. The largest absolute Gasteiger partial charge is 0.507 e. The van der Waals surface area contributed by atoms with Gasteiger partial charge in [-0.3, -0.25) is 9.59 Å². The molecule has 4 nitrogen and oxygen atoms in total. The quantitative estimate of drug-likeness (QED) is 0.727. The molecule has 2 aromatic rings. The van der Waals surface area contributed by atoms with E-state index in [1.54, 1.807) is 6.07 Å². The number of benzene rings is 1. The van der Waals surface area contributed by atoms with E-state index in [1.165, 1.54) is 18.2 Å². The smallest absolute Gasteiger partial charge is 0.229 e. The Morgan fingerprint density at radius 3 is 2.53 bits per heavy atom. The highest BCUT2D eigenvalue weighted by molar-refractivity contribution is 6.28. The molecule has 1 aliphatic rings. The van der Waals surface area contributed by atoms with Crippen LogP contribution in [0.1, 0.15) is 57.6 Å². The summed E-state index contributed by atoms with van der Waals surface area (Å²) >= 11 is 0. The van der Waals surface area contributed by atoms with Crippen molar-refractivity contribution in [1.29, 1.82) is 0 Å². The predicted molar refractivity (Wildman–Crippen MR) is 67.8 cm³/mol. The van der Waals surface area contributed by atoms with Crippen LogP contribution in [0.15, 0.2) is 28.7 Å². The molecule has 1 aromatic heterocycles. The number of fused-ring (bicyclic) bond motifs is 2. The Kier molecular flexibility index (Phi) is 2.35. The summed E-state index contributed by atoms with van der Waals surface area (Å²) in [4.78, 5) is 24.6. The molecule has 3 rings (SSSR count). The van der Waals surface area contributed by atoms with Crippen LogP contribution in [0.3, 0.4) is 0 Å². The molecule has 1 aliphatic carbocycles. The van der Waals surface area contributed by atoms with E-state index in [0.29, 0.717) is 5.76 Å². The van der Waals surface area contributed by atoms with E-state index in [-0.39, 0.29) is 45.7 Å². The molecule has 0 bridgehead atoms. The minimum Gasteiger partial charge on any atom is -0.507 e. The Labute approximate surface area is 109 Å². The first-order valence-electron chi connectivity index (χ1n) is 6.05. The third-order valence-corrected chi connectivity index (χ3v) is 3.29. The summed E-state index contributed by atoms with van der Waals surface area (Å²) in [5.41, 5.74) is 0.501. The van der Waals surface area contributed by atoms with Crippen molar-refractivity contribution < 1.29 is 19.1 Å². The van der Waals surface area contributed by atoms with E-state index in [4.69, 9.17) is 4.42 Å². The molecule has 1 aromatic carbocycles. The standard InChI is InChI=1S/C15H12O4/c1-7(2)11-6-9-13(17)12-8(4-3-5-10(12)16)14(18)15(9)19-11/h3-7,16H,1-2H3. The summed E-state index contributed by atoms with van der Waals surface area (Å²) in [7, 11) is 0. The van der Waals surface area contributed by atoms with Gasteiger partial charge < -0.3 is 9.52 Å². The van der Waals surface area contributed by atoms with E-state index in [1.807, 2.05) is 13.8 Å². The maximum atomic E-state index is 12.3. The SMILES string of the molecule is CC(C)c1cc2c(o1)C(=O)c1cccc(O)c1C2=O. The van der Waals surface area contributed by atoms with Gasteiger partial charge in [-0.1, -0.05) is 19.9 Å². The number of hydrogen-bond donors (Lipinski definition) is 1. The Morgan fingerprint density at radius 2 is 1.84 bits per heavy atom. The van der Waals surface area contributed by atoms with E-state index >= 15 is 0 Å². The van der Waals surface area contributed by atoms with Crippen LogP contribution in [-0.4, -0.2) is 16.7 Å². The number of ketones is 2. The number of hydrogen-bond acceptors (Lipinski definition) is 4. The van der Waals surface area contributed by atoms with Crippen LogP contribution in [0.5, 0.6) is 5.75 Å². The zero-order chi connectivity index (χ0) is 13.7. The first kappa shape index (κ1) is 11.7. The normalized spacial score (nSPS) is 13.6. The van der Waals surface area contributed by atoms with Gasteiger partial charge in [-0.2, -0.15) is 0 Å². The van der Waals surface area contributed by atoms with Crippen molar-refractivity contribution in [2.45, 2.75) is 19.8 Å². The van der Waals surface area contributed by atoms with Gasteiger partial charge in [-0.05, 0) is 18.2 Å². The summed E-state index contributed by atoms with van der Waals surface area (Å²) in [5, 5.41) is 9.78. The van der Waals surface area contributed by atoms with E-state index < -0.39 is 0 Å². The molecule has 0 saturated carbocycles. The minimum atomic E-state index is -0.363. The molecular formula is C15H12O4. The number of rotatable bonds is 1. The average Bonchev–Trinajstić information content (AvgIpc) is 2.81. The predicted octanol–water partition coefficient (Wildman–Crippen LogP) is 2.88. The van der Waals surface area contributed by atoms with Crippen molar-refractivity contribution >= 4 is 11.6 Å². The zero-order valence-electron chi connectivity index (χ0n) is 10.6. The number of furan rings is 1. The lowest BCUT2D eigenvalue weighted by atomic mass is 9.88. The van der Waals surface area contributed by atoms with Crippen molar-refractivity contribution in [2.75, 3.05) is 0 Å². The zero-order valence-corrected chi connectivity index (χ0v) is 10.6. The molecular weight excluding hydrogens is 244 g/mol. The molecule has 0 fully saturated rings. The van der Waals surface area contributed by atoms with Crippen LogP contribution >= 0.6 is 0 Å². The number of carbonyl (C=O) groups is 2. The second kappa shape index (κ2) is 3.82. The third kappa shape index (κ3) is 1.53. The van der Waals surface area contributed by atoms with E-state index in [0.717, 1.165) is 0 Å². The summed E-state index contributed by atoms with van der Waals surface area (Å²) in [6, 6.07) is 6.06. The topological polar surface area (TPSA) is 67.5 Å². The highest BCUT2D eigenvalue weighted by Gasteiger charge is 2.35. The molecule has 0 amide bonds. The molecule has 19 heavy (non-hydrogen) atoms. The van der Waals surface area contributed by atoms with E-state index in [9.17, 15) is 14.7 Å². The Balaban J connectivity index is 2.27. The average molecular weight is 256 g/mol. The summed E-state index contributed by atoms with van der Waals surface area (Å²) in [6.45, 7) is 3.84. The molecule has 0 unspecified atom stereocenters. The highest BCUT2D eigenvalue weighted by atomic mass is 16.4. The lowest BCUT2D eigenvalue weighted by Gasteiger charge is -2.13. The molecule has 0 spiro atoms. The van der Waals surface area contributed by atoms with Crippen LogP contribution in [-0.2, 0) is 0 Å². The van der Waals surface area contributed by atoms with Gasteiger partial charge in [-0.25, -0.2) is 0 Å². The van der Waals surface area contributed by atoms with Gasteiger partial charge >= 0.3 is 0 Å². The van der Waals surface area contributed by atoms with Crippen LogP contribution in [0, 0.1) is 0 Å². The molecule has 0 aliphatic heterocycles. The molecule has 0 radical (unpaired) electrons. The fourth-order valence-electron chi connectivity index (χ4n) is 2.26. The maximum absolute atomic E-state index is 12.3. The first-order chi connectivity index (χ1) is 9.00. The fourth-order valence-corrected chi connectivity index (χ4v) is 2.26. The van der Waals surface area contributed by atoms with Gasteiger partial charge in [0.1, 0.15) is 11.5 Å². The van der Waals surface area contributed by atoms with Gasteiger partial charge in [0, 0.05) is 11.5 Å². The van der Waals surface area contributed by atoms with Crippen LogP contribution in [0.25, 0.3) is 0 Å². The Bertz CT molecular complexity index is 707. The number of aromatic hydroxyl groups is 1. The van der Waals surface area contributed by atoms with Crippen molar-refractivity contribution in [3.63, 3.8) is 0 Å². The highest BCUT2D eigenvalue weighted by Crippen LogP contribution is 2.35. The maximum Gasteiger partial charge on any atom is 0.229 e. The lowest BCUT2D eigenvalue weighted by molar-refractivity contribution is 0.0957. The first-order valence-corrected chi connectivity index (χ1v) is 6.05. The van der Waals surface area contributed by atoms with Gasteiger partial charge in [0.15, 0.2) is 5.76 Å². The number of carbonyl (C=O) groups excluding carboxylic acids is 2. The second-order valence-corrected chi connectivity index (χ2v) is 4.90. The molecule has 0 saturated heterocycles. The summed E-state index contributed by atoms with van der Waals surface area (Å²) in [6.07, 6.45) is 0. The van der Waals surface area contributed by atoms with Crippen molar-refractivity contribution in [1.82, 2.24) is 0 Å². The fraction of sp³-hybridized carbons (Fsp3) is 0.200. The summed E-state index contributed by atoms with van der Waals surface area (Å²) < 4.78 is 5.49. The third-order valence-electron chi connectivity index (χ3n) is 3.29. The Morgan fingerprint density at radius 1 is 1.11 bits per heavy atom. The number of phenolic OH excluding ortho intramolecular Hbond substituents is 1. The van der Waals surface area contributed by atoms with Crippen LogP contribution in [0.4, 0.5) is 0 Å². The minimum absolute atomic E-state index is 0.0658. The van der Waals surface area contributed by atoms with Gasteiger partial charge in [0.25, 0.3) is 0 Å². The monoisotopic (exact) mass is 256 g/mol. The molecule has 4 heteroatoms. The van der Waals surface area contributed by atoms with Crippen LogP contribution in [0.2, 0.25) is 0 Å². The molecule has 0 atom stereocenters. The molecule has 96 valence electrons. The van der Waals surface area contributed by atoms with Crippen LogP contribution < -0.4 is 0 Å². The number of phenols is 1. The van der Waals surface area contributed by atoms with Crippen molar-refractivity contribution in [2.24, 2.45) is 0 Å². The lowest BCUT2D eigenvalue weighted by Crippen LogP contribution is -2.19. The van der Waals surface area contributed by atoms with Gasteiger partial charge in [-0.15, -0.1) is 0 Å². The van der Waals surface area contributed by atoms with E-state index in [2.05, 4.69) is 0 Å². The van der Waals surface area contributed by atoms with Crippen molar-refractivity contribution in [3.05, 3.63) is 52.5 Å². The van der Waals surface area contributed by atoms with Gasteiger partial charge in [0.2, 0.25) is 11.6 Å². The molecule has 1 heterocycles. The Hall–Kier alpha value is -2.36.